The van der Waals surface area contributed by atoms with Gasteiger partial charge in [-0.05, 0) is 17.6 Å². The summed E-state index contributed by atoms with van der Waals surface area (Å²) in [6.07, 6.45) is 2.19. The molecule has 0 radical (unpaired) electrons. The predicted molar refractivity (Wildman–Crippen MR) is 71.3 cm³/mol. The molecule has 0 bridgehead atoms. The number of unbranched alkanes of at least 4 members (excludes halogenated alkanes) is 1. The zero-order valence-electron chi connectivity index (χ0n) is 11.1. The average Bonchev–Trinajstić information content (AvgIpc) is 2.19. The first kappa shape index (κ1) is 16.3. The van der Waals surface area contributed by atoms with E-state index in [1.807, 2.05) is 0 Å². The number of carboxylic acid groups (broad SMARTS) is 1. The number of rotatable bonds is 7. The van der Waals surface area contributed by atoms with Crippen LogP contribution in [0.5, 0.6) is 0 Å². The Labute approximate surface area is 108 Å². The highest BCUT2D eigenvalue weighted by molar-refractivity contribution is 7.99. The lowest BCUT2D eigenvalue weighted by Gasteiger charge is -2.27. The molecule has 100 valence electrons. The van der Waals surface area contributed by atoms with Gasteiger partial charge in [-0.3, -0.25) is 4.79 Å². The molecule has 0 unspecified atom stereocenters. The van der Waals surface area contributed by atoms with Crippen LogP contribution in [0.2, 0.25) is 0 Å². The number of amides is 1. The van der Waals surface area contributed by atoms with Crippen LogP contribution in [0.1, 0.15) is 40.5 Å². The molecule has 0 heterocycles. The zero-order chi connectivity index (χ0) is 13.5. The Morgan fingerprint density at radius 3 is 2.35 bits per heavy atom. The van der Waals surface area contributed by atoms with Crippen LogP contribution in [-0.4, -0.2) is 34.5 Å². The van der Waals surface area contributed by atoms with E-state index in [1.165, 1.54) is 0 Å². The van der Waals surface area contributed by atoms with E-state index in [-0.39, 0.29) is 5.91 Å². The maximum absolute atomic E-state index is 11.6. The molecule has 0 aromatic carbocycles. The normalized spacial score (nSPS) is 13.2. The minimum Gasteiger partial charge on any atom is -0.480 e. The lowest BCUT2D eigenvalue weighted by molar-refractivity contribution is -0.144. The molecule has 2 N–H and O–H groups in total. The third kappa shape index (κ3) is 7.26. The quantitative estimate of drug-likeness (QED) is 0.689. The average molecular weight is 261 g/mol. The summed E-state index contributed by atoms with van der Waals surface area (Å²) < 4.78 is 0. The molecule has 0 aliphatic heterocycles. The first-order valence-corrected chi connectivity index (χ1v) is 7.04. The summed E-state index contributed by atoms with van der Waals surface area (Å²) in [6, 6.07) is -0.832. The predicted octanol–water partition coefficient (Wildman–Crippen LogP) is 2.14. The summed E-state index contributed by atoms with van der Waals surface area (Å²) in [5, 5.41) is 11.6. The highest BCUT2D eigenvalue weighted by Gasteiger charge is 2.32. The first-order valence-electron chi connectivity index (χ1n) is 5.89. The van der Waals surface area contributed by atoms with Crippen molar-refractivity contribution < 1.29 is 14.7 Å². The van der Waals surface area contributed by atoms with Gasteiger partial charge in [0.1, 0.15) is 6.04 Å². The largest absolute Gasteiger partial charge is 0.480 e. The van der Waals surface area contributed by atoms with E-state index >= 15 is 0 Å². The van der Waals surface area contributed by atoms with Gasteiger partial charge < -0.3 is 10.4 Å². The van der Waals surface area contributed by atoms with Crippen molar-refractivity contribution in [1.82, 2.24) is 5.32 Å². The van der Waals surface area contributed by atoms with Crippen LogP contribution >= 0.6 is 11.8 Å². The molecule has 0 saturated heterocycles. The van der Waals surface area contributed by atoms with Gasteiger partial charge in [0.25, 0.3) is 0 Å². The van der Waals surface area contributed by atoms with Gasteiger partial charge in [0.15, 0.2) is 0 Å². The molecule has 1 amide bonds. The van der Waals surface area contributed by atoms with Crippen molar-refractivity contribution >= 4 is 23.6 Å². The van der Waals surface area contributed by atoms with Gasteiger partial charge in [-0.1, -0.05) is 34.1 Å². The van der Waals surface area contributed by atoms with Gasteiger partial charge >= 0.3 is 5.97 Å². The fraction of sp³-hybridized carbons (Fsp3) is 0.833. The van der Waals surface area contributed by atoms with Crippen LogP contribution in [0.3, 0.4) is 0 Å². The van der Waals surface area contributed by atoms with Gasteiger partial charge in [0.05, 0.1) is 5.75 Å². The number of hydrogen-bond acceptors (Lipinski definition) is 3. The number of aliphatic carboxylic acids is 1. The van der Waals surface area contributed by atoms with Gasteiger partial charge in [-0.2, -0.15) is 11.8 Å². The molecule has 4 nitrogen and oxygen atoms in total. The van der Waals surface area contributed by atoms with E-state index in [0.29, 0.717) is 5.75 Å². The Hall–Kier alpha value is -0.710. The lowest BCUT2D eigenvalue weighted by atomic mass is 9.87. The molecule has 0 aromatic rings. The number of thioether (sulfide) groups is 1. The van der Waals surface area contributed by atoms with Gasteiger partial charge in [-0.25, -0.2) is 4.79 Å². The molecular weight excluding hydrogens is 238 g/mol. The summed E-state index contributed by atoms with van der Waals surface area (Å²) in [6.45, 7) is 7.50. The van der Waals surface area contributed by atoms with Crippen molar-refractivity contribution in [3.05, 3.63) is 0 Å². The maximum Gasteiger partial charge on any atom is 0.326 e. The lowest BCUT2D eigenvalue weighted by Crippen LogP contribution is -2.49. The standard InChI is InChI=1S/C12H23NO3S/c1-5-6-7-17-8-9(14)13-10(11(15)16)12(2,3)4/h10H,5-8H2,1-4H3,(H,13,14)(H,15,16)/t10-/m1/s1. The van der Waals surface area contributed by atoms with E-state index in [0.717, 1.165) is 18.6 Å². The highest BCUT2D eigenvalue weighted by atomic mass is 32.2. The minimum atomic E-state index is -0.982. The Bertz CT molecular complexity index is 261. The van der Waals surface area contributed by atoms with E-state index in [9.17, 15) is 9.59 Å². The molecule has 0 saturated carbocycles. The zero-order valence-corrected chi connectivity index (χ0v) is 11.9. The van der Waals surface area contributed by atoms with E-state index < -0.39 is 17.4 Å². The molecule has 0 rings (SSSR count). The van der Waals surface area contributed by atoms with Gasteiger partial charge in [0, 0.05) is 0 Å². The summed E-state index contributed by atoms with van der Waals surface area (Å²) in [5.74, 6) is 0.0923. The van der Waals surface area contributed by atoms with Gasteiger partial charge in [-0.15, -0.1) is 0 Å². The van der Waals surface area contributed by atoms with Crippen LogP contribution in [0.25, 0.3) is 0 Å². The van der Waals surface area contributed by atoms with Crippen LogP contribution in [0, 0.1) is 5.41 Å². The summed E-state index contributed by atoms with van der Waals surface area (Å²) in [4.78, 5) is 22.6. The molecular formula is C12H23NO3S. The Morgan fingerprint density at radius 2 is 1.94 bits per heavy atom. The van der Waals surface area contributed by atoms with E-state index in [1.54, 1.807) is 32.5 Å². The van der Waals surface area contributed by atoms with Crippen molar-refractivity contribution in [3.63, 3.8) is 0 Å². The number of carbonyl (C=O) groups is 2. The second-order valence-electron chi connectivity index (χ2n) is 5.11. The van der Waals surface area contributed by atoms with Crippen LogP contribution in [-0.2, 0) is 9.59 Å². The monoisotopic (exact) mass is 261 g/mol. The topological polar surface area (TPSA) is 66.4 Å². The Kier molecular flexibility index (Phi) is 7.27. The Morgan fingerprint density at radius 1 is 1.35 bits per heavy atom. The van der Waals surface area contributed by atoms with E-state index in [2.05, 4.69) is 12.2 Å². The number of carbonyl (C=O) groups excluding carboxylic acids is 1. The van der Waals surface area contributed by atoms with Crippen molar-refractivity contribution in [2.75, 3.05) is 11.5 Å². The smallest absolute Gasteiger partial charge is 0.326 e. The third-order valence-corrected chi connectivity index (χ3v) is 3.34. The molecule has 0 spiro atoms. The van der Waals surface area contributed by atoms with Crippen LogP contribution in [0.15, 0.2) is 0 Å². The first-order chi connectivity index (χ1) is 7.79. The van der Waals surface area contributed by atoms with Crippen LogP contribution < -0.4 is 5.32 Å². The molecule has 17 heavy (non-hydrogen) atoms. The molecule has 0 aliphatic rings. The van der Waals surface area contributed by atoms with E-state index in [4.69, 9.17) is 5.11 Å². The number of nitrogens with one attached hydrogen (secondary N) is 1. The minimum absolute atomic E-state index is 0.201. The molecule has 5 heteroatoms. The Balaban J connectivity index is 4.11. The maximum atomic E-state index is 11.6. The van der Waals surface area contributed by atoms with Gasteiger partial charge in [0.2, 0.25) is 5.91 Å². The SMILES string of the molecule is CCCCSCC(=O)N[C@H](C(=O)O)C(C)(C)C. The molecule has 0 fully saturated rings. The molecule has 0 aromatic heterocycles. The van der Waals surface area contributed by atoms with Crippen molar-refractivity contribution in [3.8, 4) is 0 Å². The second-order valence-corrected chi connectivity index (χ2v) is 6.22. The summed E-state index contributed by atoms with van der Waals surface area (Å²) in [5.41, 5.74) is -0.477. The molecule has 0 aliphatic carbocycles. The fourth-order valence-electron chi connectivity index (χ4n) is 1.26. The van der Waals surface area contributed by atoms with Crippen LogP contribution in [0.4, 0.5) is 0 Å². The highest BCUT2D eigenvalue weighted by Crippen LogP contribution is 2.19. The number of hydrogen-bond donors (Lipinski definition) is 2. The third-order valence-electron chi connectivity index (χ3n) is 2.29. The second kappa shape index (κ2) is 7.58. The fourth-order valence-corrected chi connectivity index (χ4v) is 2.17. The van der Waals surface area contributed by atoms with Crippen molar-refractivity contribution in [1.29, 1.82) is 0 Å². The summed E-state index contributed by atoms with van der Waals surface area (Å²) in [7, 11) is 0. The van der Waals surface area contributed by atoms with Crippen molar-refractivity contribution in [2.24, 2.45) is 5.41 Å². The summed E-state index contributed by atoms with van der Waals surface area (Å²) >= 11 is 1.55. The number of carboxylic acids is 1. The van der Waals surface area contributed by atoms with Crippen molar-refractivity contribution in [2.45, 2.75) is 46.6 Å². The molecule has 1 atom stereocenters.